The van der Waals surface area contributed by atoms with E-state index in [4.69, 9.17) is 5.73 Å². The van der Waals surface area contributed by atoms with Gasteiger partial charge in [0.2, 0.25) is 0 Å². The average molecular weight is 157 g/mol. The highest BCUT2D eigenvalue weighted by Crippen LogP contribution is 2.21. The summed E-state index contributed by atoms with van der Waals surface area (Å²) in [7, 11) is 1.75. The number of halogens is 1. The van der Waals surface area contributed by atoms with Gasteiger partial charge in [-0.05, 0) is 13.0 Å². The Morgan fingerprint density at radius 3 is 2.82 bits per heavy atom. The minimum absolute atomic E-state index is 0.0377. The summed E-state index contributed by atoms with van der Waals surface area (Å²) >= 11 is 0. The first-order valence-electron chi connectivity index (χ1n) is 3.45. The van der Waals surface area contributed by atoms with E-state index in [1.807, 2.05) is 0 Å². The Balaban J connectivity index is 2.92. The fourth-order valence-electron chi connectivity index (χ4n) is 0.798. The van der Waals surface area contributed by atoms with Gasteiger partial charge in [0, 0.05) is 19.8 Å². The van der Waals surface area contributed by atoms with E-state index in [-0.39, 0.29) is 6.54 Å². The van der Waals surface area contributed by atoms with E-state index < -0.39 is 5.67 Å². The second-order valence-corrected chi connectivity index (χ2v) is 2.78. The molecule has 1 heterocycles. The molecule has 2 N–H and O–H groups in total. The lowest BCUT2D eigenvalue weighted by Crippen LogP contribution is -2.27. The third kappa shape index (κ3) is 1.57. The van der Waals surface area contributed by atoms with E-state index >= 15 is 0 Å². The summed E-state index contributed by atoms with van der Waals surface area (Å²) in [5.74, 6) is 0. The van der Waals surface area contributed by atoms with Crippen LogP contribution in [0.15, 0.2) is 12.3 Å². The molecule has 1 aromatic heterocycles. The second-order valence-electron chi connectivity index (χ2n) is 2.78. The lowest BCUT2D eigenvalue weighted by Gasteiger charge is -2.13. The maximum absolute atomic E-state index is 13.4. The van der Waals surface area contributed by atoms with Gasteiger partial charge in [0.05, 0.1) is 0 Å². The Hall–Kier alpha value is -0.900. The molecule has 0 radical (unpaired) electrons. The first-order chi connectivity index (χ1) is 5.06. The van der Waals surface area contributed by atoms with E-state index in [2.05, 4.69) is 5.10 Å². The summed E-state index contributed by atoms with van der Waals surface area (Å²) in [4.78, 5) is 0. The minimum atomic E-state index is -1.50. The molecule has 3 nitrogen and oxygen atoms in total. The molecule has 62 valence electrons. The van der Waals surface area contributed by atoms with Gasteiger partial charge >= 0.3 is 0 Å². The fraction of sp³-hybridized carbons (Fsp3) is 0.571. The smallest absolute Gasteiger partial charge is 0.163 e. The molecule has 0 saturated carbocycles. The Morgan fingerprint density at radius 2 is 2.45 bits per heavy atom. The van der Waals surface area contributed by atoms with E-state index in [0.717, 1.165) is 0 Å². The normalized spacial score (nSPS) is 16.4. The van der Waals surface area contributed by atoms with Crippen molar-refractivity contribution in [2.24, 2.45) is 12.8 Å². The number of hydrogen-bond donors (Lipinski definition) is 1. The van der Waals surface area contributed by atoms with Crippen molar-refractivity contribution in [1.29, 1.82) is 0 Å². The Morgan fingerprint density at radius 1 is 1.82 bits per heavy atom. The van der Waals surface area contributed by atoms with Crippen LogP contribution in [0.1, 0.15) is 12.6 Å². The van der Waals surface area contributed by atoms with Crippen LogP contribution in [-0.4, -0.2) is 16.3 Å². The average Bonchev–Trinajstić information content (AvgIpc) is 2.36. The summed E-state index contributed by atoms with van der Waals surface area (Å²) in [6.07, 6.45) is 1.70. The van der Waals surface area contributed by atoms with Crippen molar-refractivity contribution in [2.45, 2.75) is 12.6 Å². The van der Waals surface area contributed by atoms with Crippen molar-refractivity contribution in [3.8, 4) is 0 Å². The third-order valence-electron chi connectivity index (χ3n) is 1.63. The van der Waals surface area contributed by atoms with Crippen LogP contribution < -0.4 is 5.73 Å². The highest BCUT2D eigenvalue weighted by molar-refractivity contribution is 5.09. The summed E-state index contributed by atoms with van der Waals surface area (Å²) < 4.78 is 14.9. The summed E-state index contributed by atoms with van der Waals surface area (Å²) in [6.45, 7) is 1.39. The van der Waals surface area contributed by atoms with Crippen LogP contribution in [0.25, 0.3) is 0 Å². The molecule has 1 unspecified atom stereocenters. The number of hydrogen-bond acceptors (Lipinski definition) is 2. The molecule has 0 aliphatic heterocycles. The molecule has 0 spiro atoms. The third-order valence-corrected chi connectivity index (χ3v) is 1.63. The molecule has 1 atom stereocenters. The van der Waals surface area contributed by atoms with Crippen LogP contribution in [0.3, 0.4) is 0 Å². The SMILES string of the molecule is Cn1ccc(C(C)(F)CN)n1. The van der Waals surface area contributed by atoms with Gasteiger partial charge in [-0.3, -0.25) is 4.68 Å². The van der Waals surface area contributed by atoms with Crippen LogP contribution in [-0.2, 0) is 12.7 Å². The lowest BCUT2D eigenvalue weighted by atomic mass is 10.1. The molecule has 0 fully saturated rings. The number of rotatable bonds is 2. The van der Waals surface area contributed by atoms with Crippen LogP contribution in [0, 0.1) is 0 Å². The second kappa shape index (κ2) is 2.62. The van der Waals surface area contributed by atoms with Gasteiger partial charge < -0.3 is 5.73 Å². The zero-order valence-corrected chi connectivity index (χ0v) is 6.71. The summed E-state index contributed by atoms with van der Waals surface area (Å²) in [5, 5.41) is 3.91. The predicted molar refractivity (Wildman–Crippen MR) is 40.7 cm³/mol. The first-order valence-corrected chi connectivity index (χ1v) is 3.45. The molecule has 1 aromatic rings. The predicted octanol–water partition coefficient (Wildman–Crippen LogP) is 0.564. The number of nitrogens with two attached hydrogens (primary N) is 1. The number of alkyl halides is 1. The van der Waals surface area contributed by atoms with E-state index in [0.29, 0.717) is 5.69 Å². The van der Waals surface area contributed by atoms with Crippen molar-refractivity contribution >= 4 is 0 Å². The highest BCUT2D eigenvalue weighted by Gasteiger charge is 2.26. The monoisotopic (exact) mass is 157 g/mol. The molecule has 0 aromatic carbocycles. The van der Waals surface area contributed by atoms with Gasteiger partial charge in [0.1, 0.15) is 5.69 Å². The molecule has 0 aliphatic rings. The largest absolute Gasteiger partial charge is 0.327 e. The molecule has 0 saturated heterocycles. The molecule has 0 bridgehead atoms. The quantitative estimate of drug-likeness (QED) is 0.681. The zero-order valence-electron chi connectivity index (χ0n) is 6.71. The Labute approximate surface area is 65.0 Å². The Kier molecular flexibility index (Phi) is 1.95. The van der Waals surface area contributed by atoms with Crippen molar-refractivity contribution < 1.29 is 4.39 Å². The van der Waals surface area contributed by atoms with Crippen LogP contribution >= 0.6 is 0 Å². The number of nitrogens with zero attached hydrogens (tertiary/aromatic N) is 2. The molecular formula is C7H12FN3. The molecule has 0 amide bonds. The molecule has 4 heteroatoms. The number of aromatic nitrogens is 2. The minimum Gasteiger partial charge on any atom is -0.327 e. The van der Waals surface area contributed by atoms with Gasteiger partial charge in [0.15, 0.2) is 5.67 Å². The Bertz CT molecular complexity index is 242. The topological polar surface area (TPSA) is 43.8 Å². The molecule has 0 aliphatic carbocycles. The highest BCUT2D eigenvalue weighted by atomic mass is 19.1. The fourth-order valence-corrected chi connectivity index (χ4v) is 0.798. The van der Waals surface area contributed by atoms with Crippen molar-refractivity contribution in [1.82, 2.24) is 9.78 Å². The molecule has 1 rings (SSSR count). The standard InChI is InChI=1S/C7H12FN3/c1-7(8,5-9)6-3-4-11(2)10-6/h3-4H,5,9H2,1-2H3. The van der Waals surface area contributed by atoms with Crippen molar-refractivity contribution in [3.05, 3.63) is 18.0 Å². The van der Waals surface area contributed by atoms with Crippen LogP contribution in [0.2, 0.25) is 0 Å². The van der Waals surface area contributed by atoms with Gasteiger partial charge in [-0.1, -0.05) is 0 Å². The molecular weight excluding hydrogens is 145 g/mol. The molecule has 11 heavy (non-hydrogen) atoms. The van der Waals surface area contributed by atoms with Crippen LogP contribution in [0.4, 0.5) is 4.39 Å². The van der Waals surface area contributed by atoms with Gasteiger partial charge in [-0.25, -0.2) is 4.39 Å². The van der Waals surface area contributed by atoms with Gasteiger partial charge in [-0.15, -0.1) is 0 Å². The maximum Gasteiger partial charge on any atom is 0.163 e. The maximum atomic E-state index is 13.4. The van der Waals surface area contributed by atoms with E-state index in [1.54, 1.807) is 24.0 Å². The zero-order chi connectivity index (χ0) is 8.48. The first kappa shape index (κ1) is 8.20. The van der Waals surface area contributed by atoms with Gasteiger partial charge in [-0.2, -0.15) is 5.10 Å². The summed E-state index contributed by atoms with van der Waals surface area (Å²) in [5.41, 5.74) is 4.12. The number of aryl methyl sites for hydroxylation is 1. The van der Waals surface area contributed by atoms with Crippen molar-refractivity contribution in [3.63, 3.8) is 0 Å². The van der Waals surface area contributed by atoms with E-state index in [1.165, 1.54) is 6.92 Å². The van der Waals surface area contributed by atoms with E-state index in [9.17, 15) is 4.39 Å². The van der Waals surface area contributed by atoms with Gasteiger partial charge in [0.25, 0.3) is 0 Å². The van der Waals surface area contributed by atoms with Crippen molar-refractivity contribution in [2.75, 3.05) is 6.54 Å². The summed E-state index contributed by atoms with van der Waals surface area (Å²) in [6, 6.07) is 1.63. The van der Waals surface area contributed by atoms with Crippen LogP contribution in [0.5, 0.6) is 0 Å². The lowest BCUT2D eigenvalue weighted by molar-refractivity contribution is 0.195.